The maximum Gasteiger partial charge on any atom is 0.352 e. The van der Waals surface area contributed by atoms with Crippen LogP contribution in [0.15, 0.2) is 24.3 Å². The molecule has 0 radical (unpaired) electrons. The summed E-state index contributed by atoms with van der Waals surface area (Å²) >= 11 is 0. The van der Waals surface area contributed by atoms with E-state index < -0.39 is 11.6 Å². The maximum atomic E-state index is 11.8. The molecule has 0 bridgehead atoms. The number of hydrogen-bond acceptors (Lipinski definition) is 4. The van der Waals surface area contributed by atoms with E-state index in [0.29, 0.717) is 11.3 Å². The van der Waals surface area contributed by atoms with E-state index in [0.717, 1.165) is 0 Å². The molecule has 0 spiro atoms. The summed E-state index contributed by atoms with van der Waals surface area (Å²) in [7, 11) is 1.28. The van der Waals surface area contributed by atoms with Gasteiger partial charge in [0.2, 0.25) is 5.66 Å². The molecule has 5 nitrogen and oxygen atoms in total. The number of rotatable bonds is 1. The molecule has 0 saturated heterocycles. The van der Waals surface area contributed by atoms with Gasteiger partial charge in [-0.15, -0.1) is 0 Å². The first-order valence-electron chi connectivity index (χ1n) is 4.85. The summed E-state index contributed by atoms with van der Waals surface area (Å²) in [6, 6.07) is 6.99. The van der Waals surface area contributed by atoms with Gasteiger partial charge in [-0.05, 0) is 19.1 Å². The Balaban J connectivity index is 2.41. The molecule has 1 heterocycles. The molecule has 0 aliphatic carbocycles. The summed E-state index contributed by atoms with van der Waals surface area (Å²) in [5.41, 5.74) is -0.0665. The number of amides is 1. The quantitative estimate of drug-likeness (QED) is 0.685. The van der Waals surface area contributed by atoms with Crippen molar-refractivity contribution in [3.8, 4) is 0 Å². The molecule has 0 aromatic heterocycles. The number of esters is 1. The maximum absolute atomic E-state index is 11.8. The molecule has 5 heteroatoms. The Morgan fingerprint density at radius 2 is 2.00 bits per heavy atom. The third-order valence-corrected chi connectivity index (χ3v) is 2.51. The summed E-state index contributed by atoms with van der Waals surface area (Å²) < 4.78 is 4.64. The van der Waals surface area contributed by atoms with Crippen molar-refractivity contribution in [1.29, 1.82) is 0 Å². The minimum atomic E-state index is -1.21. The summed E-state index contributed by atoms with van der Waals surface area (Å²) in [4.78, 5) is 23.3. The van der Waals surface area contributed by atoms with Crippen LogP contribution in [0, 0.1) is 0 Å². The zero-order valence-corrected chi connectivity index (χ0v) is 9.03. The van der Waals surface area contributed by atoms with Crippen LogP contribution >= 0.6 is 0 Å². The van der Waals surface area contributed by atoms with E-state index in [4.69, 9.17) is 0 Å². The number of carbonyl (C=O) groups is 2. The van der Waals surface area contributed by atoms with E-state index in [1.165, 1.54) is 7.11 Å². The Morgan fingerprint density at radius 3 is 2.69 bits per heavy atom. The number of para-hydroxylation sites is 1. The van der Waals surface area contributed by atoms with Gasteiger partial charge in [-0.3, -0.25) is 4.79 Å². The molecule has 2 rings (SSSR count). The van der Waals surface area contributed by atoms with Gasteiger partial charge in [-0.2, -0.15) is 0 Å². The number of fused-ring (bicyclic) bond motifs is 1. The lowest BCUT2D eigenvalue weighted by Crippen LogP contribution is -2.61. The molecule has 1 aromatic rings. The van der Waals surface area contributed by atoms with E-state index in [2.05, 4.69) is 15.4 Å². The molecular formula is C11H12N2O3. The van der Waals surface area contributed by atoms with Gasteiger partial charge in [0, 0.05) is 5.69 Å². The molecular weight excluding hydrogens is 208 g/mol. The summed E-state index contributed by atoms with van der Waals surface area (Å²) in [5, 5.41) is 5.52. The zero-order valence-electron chi connectivity index (χ0n) is 9.03. The van der Waals surface area contributed by atoms with Crippen molar-refractivity contribution in [2.24, 2.45) is 0 Å². The van der Waals surface area contributed by atoms with Crippen LogP contribution in [0.2, 0.25) is 0 Å². The van der Waals surface area contributed by atoms with Crippen molar-refractivity contribution in [2.75, 3.05) is 12.4 Å². The number of ether oxygens (including phenoxy) is 1. The Labute approximate surface area is 92.8 Å². The number of hydrogen-bond donors (Lipinski definition) is 2. The Hall–Kier alpha value is -2.04. The van der Waals surface area contributed by atoms with Gasteiger partial charge in [0.05, 0.1) is 12.7 Å². The van der Waals surface area contributed by atoms with Crippen LogP contribution in [0.4, 0.5) is 5.69 Å². The summed E-state index contributed by atoms with van der Waals surface area (Å²) in [6.45, 7) is 1.56. The fourth-order valence-corrected chi connectivity index (χ4v) is 1.69. The van der Waals surface area contributed by atoms with Crippen LogP contribution < -0.4 is 10.6 Å². The predicted octanol–water partition coefficient (Wildman–Crippen LogP) is 0.731. The molecule has 1 aliphatic rings. The van der Waals surface area contributed by atoms with Gasteiger partial charge in [0.15, 0.2) is 0 Å². The molecule has 0 saturated carbocycles. The first-order chi connectivity index (χ1) is 7.57. The average Bonchev–Trinajstić information content (AvgIpc) is 2.27. The third-order valence-electron chi connectivity index (χ3n) is 2.51. The normalized spacial score (nSPS) is 22.8. The van der Waals surface area contributed by atoms with Crippen molar-refractivity contribution in [3.05, 3.63) is 29.8 Å². The topological polar surface area (TPSA) is 67.4 Å². The van der Waals surface area contributed by atoms with E-state index in [1.54, 1.807) is 31.2 Å². The molecule has 1 atom stereocenters. The standard InChI is InChI=1S/C11H12N2O3/c1-11(10(15)16-2)12-8-6-4-3-5-7(8)9(14)13-11/h3-6,12H,1-2H3,(H,13,14)/t11-/m1/s1. The van der Waals surface area contributed by atoms with Gasteiger partial charge < -0.3 is 15.4 Å². The Bertz CT molecular complexity index is 458. The lowest BCUT2D eigenvalue weighted by Gasteiger charge is -2.34. The fraction of sp³-hybridized carbons (Fsp3) is 0.273. The minimum absolute atomic E-state index is 0.290. The highest BCUT2D eigenvalue weighted by Crippen LogP contribution is 2.24. The number of benzene rings is 1. The summed E-state index contributed by atoms with van der Waals surface area (Å²) in [6.07, 6.45) is 0. The van der Waals surface area contributed by atoms with Crippen LogP contribution in [0.3, 0.4) is 0 Å². The number of carbonyl (C=O) groups excluding carboxylic acids is 2. The highest BCUT2D eigenvalue weighted by molar-refractivity contribution is 6.06. The van der Waals surface area contributed by atoms with Gasteiger partial charge in [-0.1, -0.05) is 12.1 Å². The van der Waals surface area contributed by atoms with Crippen LogP contribution in [-0.2, 0) is 9.53 Å². The van der Waals surface area contributed by atoms with Crippen molar-refractivity contribution in [3.63, 3.8) is 0 Å². The summed E-state index contributed by atoms with van der Waals surface area (Å²) in [5.74, 6) is -0.822. The largest absolute Gasteiger partial charge is 0.466 e. The molecule has 1 aliphatic heterocycles. The van der Waals surface area contributed by atoms with Crippen molar-refractivity contribution in [2.45, 2.75) is 12.6 Å². The zero-order chi connectivity index (χ0) is 11.8. The molecule has 2 N–H and O–H groups in total. The lowest BCUT2D eigenvalue weighted by atomic mass is 10.0. The molecule has 16 heavy (non-hydrogen) atoms. The first kappa shape index (κ1) is 10.5. The predicted molar refractivity (Wildman–Crippen MR) is 58.0 cm³/mol. The van der Waals surface area contributed by atoms with Crippen molar-refractivity contribution < 1.29 is 14.3 Å². The van der Waals surface area contributed by atoms with Crippen molar-refractivity contribution in [1.82, 2.24) is 5.32 Å². The number of anilines is 1. The van der Waals surface area contributed by atoms with E-state index in [-0.39, 0.29) is 5.91 Å². The Morgan fingerprint density at radius 1 is 1.31 bits per heavy atom. The average molecular weight is 220 g/mol. The number of nitrogens with one attached hydrogen (secondary N) is 2. The van der Waals surface area contributed by atoms with Crippen LogP contribution in [0.25, 0.3) is 0 Å². The highest BCUT2D eigenvalue weighted by atomic mass is 16.5. The molecule has 1 aromatic carbocycles. The first-order valence-corrected chi connectivity index (χ1v) is 4.85. The minimum Gasteiger partial charge on any atom is -0.466 e. The van der Waals surface area contributed by atoms with E-state index in [9.17, 15) is 9.59 Å². The molecule has 1 amide bonds. The van der Waals surface area contributed by atoms with Crippen molar-refractivity contribution >= 4 is 17.6 Å². The smallest absolute Gasteiger partial charge is 0.352 e. The molecule has 84 valence electrons. The lowest BCUT2D eigenvalue weighted by molar-refractivity contribution is -0.146. The monoisotopic (exact) mass is 220 g/mol. The molecule has 0 fully saturated rings. The number of methoxy groups -OCH3 is 1. The third kappa shape index (κ3) is 1.50. The van der Waals surface area contributed by atoms with Crippen LogP contribution in [0.5, 0.6) is 0 Å². The van der Waals surface area contributed by atoms with E-state index >= 15 is 0 Å². The van der Waals surface area contributed by atoms with Crippen LogP contribution in [-0.4, -0.2) is 24.6 Å². The fourth-order valence-electron chi connectivity index (χ4n) is 1.69. The van der Waals surface area contributed by atoms with Gasteiger partial charge >= 0.3 is 5.97 Å². The molecule has 0 unspecified atom stereocenters. The van der Waals surface area contributed by atoms with E-state index in [1.807, 2.05) is 0 Å². The van der Waals surface area contributed by atoms with Gasteiger partial charge in [-0.25, -0.2) is 4.79 Å². The second-order valence-electron chi connectivity index (χ2n) is 3.74. The Kier molecular flexibility index (Phi) is 2.30. The van der Waals surface area contributed by atoms with Gasteiger partial charge in [0.25, 0.3) is 5.91 Å². The second-order valence-corrected chi connectivity index (χ2v) is 3.74. The van der Waals surface area contributed by atoms with Gasteiger partial charge in [0.1, 0.15) is 0 Å². The highest BCUT2D eigenvalue weighted by Gasteiger charge is 2.40. The van der Waals surface area contributed by atoms with Crippen LogP contribution in [0.1, 0.15) is 17.3 Å². The second kappa shape index (κ2) is 3.52. The SMILES string of the molecule is COC(=O)[C@@]1(C)NC(=O)c2ccccc2N1.